The normalized spacial score (nSPS) is 45.6. The first-order valence-electron chi connectivity index (χ1n) is 5.71. The minimum Gasteiger partial charge on any atom is -0.465 e. The molecule has 0 radical (unpaired) electrons. The average molecular weight is 192 g/mol. The summed E-state index contributed by atoms with van der Waals surface area (Å²) in [6.07, 6.45) is 9.31. The van der Waals surface area contributed by atoms with Crippen molar-refractivity contribution in [3.05, 3.63) is 12.2 Å². The second-order valence-electron chi connectivity index (χ2n) is 4.79. The zero-order valence-electron chi connectivity index (χ0n) is 8.32. The van der Waals surface area contributed by atoms with E-state index in [0.29, 0.717) is 24.4 Å². The van der Waals surface area contributed by atoms with E-state index in [0.717, 1.165) is 6.42 Å². The highest BCUT2D eigenvalue weighted by Crippen LogP contribution is 2.47. The van der Waals surface area contributed by atoms with Crippen LogP contribution in [0.15, 0.2) is 12.2 Å². The predicted molar refractivity (Wildman–Crippen MR) is 52.5 cm³/mol. The standard InChI is InChI=1S/C12H16O2/c13-12-11-9-5-3-8(4-6-9)10(11)2-1-7-14-12/h3,5,8-11H,1-2,4,6-7H2/t8-,9+,10-,11+/m0/s1. The fourth-order valence-electron chi connectivity index (χ4n) is 3.43. The minimum atomic E-state index is 0.0755. The summed E-state index contributed by atoms with van der Waals surface area (Å²) in [7, 11) is 0. The molecule has 0 aromatic carbocycles. The number of carbonyl (C=O) groups is 1. The quantitative estimate of drug-likeness (QED) is 0.434. The van der Waals surface area contributed by atoms with Crippen molar-refractivity contribution < 1.29 is 9.53 Å². The number of hydrogen-bond donors (Lipinski definition) is 0. The molecule has 0 unspecified atom stereocenters. The van der Waals surface area contributed by atoms with Gasteiger partial charge in [-0.05, 0) is 43.4 Å². The SMILES string of the molecule is O=C1OCCC[C@@H]2[C@H]1[C@@H]1C=C[C@H]2CC1. The molecule has 1 saturated heterocycles. The Morgan fingerprint density at radius 3 is 2.71 bits per heavy atom. The third kappa shape index (κ3) is 1.13. The first-order chi connectivity index (χ1) is 6.86. The lowest BCUT2D eigenvalue weighted by Gasteiger charge is -2.42. The molecule has 0 N–H and O–H groups in total. The molecule has 0 amide bonds. The van der Waals surface area contributed by atoms with Crippen LogP contribution in [0.5, 0.6) is 0 Å². The van der Waals surface area contributed by atoms with Crippen LogP contribution in [0.25, 0.3) is 0 Å². The molecule has 1 aliphatic heterocycles. The number of cyclic esters (lactones) is 1. The third-order valence-electron chi connectivity index (χ3n) is 4.11. The summed E-state index contributed by atoms with van der Waals surface area (Å²) in [5.41, 5.74) is 0. The van der Waals surface area contributed by atoms with Crippen molar-refractivity contribution in [1.82, 2.24) is 0 Å². The van der Waals surface area contributed by atoms with Gasteiger partial charge in [-0.25, -0.2) is 0 Å². The minimum absolute atomic E-state index is 0.0755. The molecule has 2 nitrogen and oxygen atoms in total. The van der Waals surface area contributed by atoms with Gasteiger partial charge in [0.15, 0.2) is 0 Å². The summed E-state index contributed by atoms with van der Waals surface area (Å²) >= 11 is 0. The van der Waals surface area contributed by atoms with Crippen LogP contribution in [0.1, 0.15) is 25.7 Å². The summed E-state index contributed by atoms with van der Waals surface area (Å²) in [6.45, 7) is 0.644. The number of allylic oxidation sites excluding steroid dienone is 2. The highest BCUT2D eigenvalue weighted by Gasteiger charge is 2.45. The molecule has 14 heavy (non-hydrogen) atoms. The van der Waals surface area contributed by atoms with Gasteiger partial charge in [0.25, 0.3) is 0 Å². The summed E-state index contributed by atoms with van der Waals surface area (Å²) in [5.74, 6) is 2.01. The van der Waals surface area contributed by atoms with Gasteiger partial charge in [0.2, 0.25) is 0 Å². The zero-order valence-corrected chi connectivity index (χ0v) is 8.32. The maximum atomic E-state index is 11.8. The van der Waals surface area contributed by atoms with Crippen molar-refractivity contribution in [1.29, 1.82) is 0 Å². The Morgan fingerprint density at radius 2 is 1.93 bits per heavy atom. The van der Waals surface area contributed by atoms with Gasteiger partial charge in [-0.1, -0.05) is 12.2 Å². The monoisotopic (exact) mass is 192 g/mol. The number of rotatable bonds is 0. The van der Waals surface area contributed by atoms with E-state index in [1.807, 2.05) is 0 Å². The van der Waals surface area contributed by atoms with Gasteiger partial charge >= 0.3 is 5.97 Å². The molecule has 2 fully saturated rings. The first kappa shape index (κ1) is 8.51. The Bertz CT molecular complexity index is 282. The molecule has 1 heterocycles. The fraction of sp³-hybridized carbons (Fsp3) is 0.750. The largest absolute Gasteiger partial charge is 0.465 e. The predicted octanol–water partition coefficient (Wildman–Crippen LogP) is 2.15. The summed E-state index contributed by atoms with van der Waals surface area (Å²) in [4.78, 5) is 11.8. The molecule has 76 valence electrons. The van der Waals surface area contributed by atoms with E-state index in [-0.39, 0.29) is 11.9 Å². The lowest BCUT2D eigenvalue weighted by atomic mass is 9.61. The zero-order chi connectivity index (χ0) is 9.54. The number of esters is 1. The number of carbonyl (C=O) groups excluding carboxylic acids is 1. The van der Waals surface area contributed by atoms with E-state index in [1.54, 1.807) is 0 Å². The fourth-order valence-corrected chi connectivity index (χ4v) is 3.43. The maximum absolute atomic E-state index is 11.8. The maximum Gasteiger partial charge on any atom is 0.309 e. The molecule has 2 bridgehead atoms. The second kappa shape index (κ2) is 3.11. The summed E-state index contributed by atoms with van der Waals surface area (Å²) in [5, 5.41) is 0. The highest BCUT2D eigenvalue weighted by atomic mass is 16.5. The van der Waals surface area contributed by atoms with E-state index in [1.165, 1.54) is 19.3 Å². The van der Waals surface area contributed by atoms with E-state index >= 15 is 0 Å². The number of fused-ring (bicyclic) bond motifs is 1. The molecule has 1 saturated carbocycles. The van der Waals surface area contributed by atoms with E-state index in [9.17, 15) is 4.79 Å². The van der Waals surface area contributed by atoms with Crippen molar-refractivity contribution in [2.45, 2.75) is 25.7 Å². The lowest BCUT2D eigenvalue weighted by molar-refractivity contribution is -0.152. The topological polar surface area (TPSA) is 26.3 Å². The molecule has 0 aromatic rings. The van der Waals surface area contributed by atoms with Gasteiger partial charge in [0, 0.05) is 0 Å². The Hall–Kier alpha value is -0.790. The Morgan fingerprint density at radius 1 is 1.14 bits per heavy atom. The van der Waals surface area contributed by atoms with E-state index < -0.39 is 0 Å². The van der Waals surface area contributed by atoms with Gasteiger partial charge in [0.05, 0.1) is 12.5 Å². The van der Waals surface area contributed by atoms with Crippen molar-refractivity contribution in [2.24, 2.45) is 23.7 Å². The molecule has 4 atom stereocenters. The van der Waals surface area contributed by atoms with Crippen molar-refractivity contribution in [3.8, 4) is 0 Å². The van der Waals surface area contributed by atoms with E-state index in [2.05, 4.69) is 12.2 Å². The summed E-state index contributed by atoms with van der Waals surface area (Å²) < 4.78 is 5.25. The lowest BCUT2D eigenvalue weighted by Crippen LogP contribution is -2.40. The summed E-state index contributed by atoms with van der Waals surface area (Å²) in [6, 6.07) is 0. The first-order valence-corrected chi connectivity index (χ1v) is 5.71. The molecule has 2 heteroatoms. The highest BCUT2D eigenvalue weighted by molar-refractivity contribution is 5.74. The van der Waals surface area contributed by atoms with Crippen molar-refractivity contribution >= 4 is 5.97 Å². The number of ether oxygens (including phenoxy) is 1. The molecule has 3 aliphatic carbocycles. The molecule has 4 aliphatic rings. The Labute approximate surface area is 84.3 Å². The van der Waals surface area contributed by atoms with Gasteiger partial charge in [-0.15, -0.1) is 0 Å². The van der Waals surface area contributed by atoms with Crippen LogP contribution in [0.2, 0.25) is 0 Å². The molecule has 4 rings (SSSR count). The average Bonchev–Trinajstić information content (AvgIpc) is 2.44. The smallest absolute Gasteiger partial charge is 0.309 e. The van der Waals surface area contributed by atoms with Crippen LogP contribution in [0, 0.1) is 23.7 Å². The van der Waals surface area contributed by atoms with Crippen LogP contribution < -0.4 is 0 Å². The third-order valence-corrected chi connectivity index (χ3v) is 4.11. The van der Waals surface area contributed by atoms with Crippen molar-refractivity contribution in [3.63, 3.8) is 0 Å². The molecule has 0 spiro atoms. The Balaban J connectivity index is 1.94. The van der Waals surface area contributed by atoms with Crippen molar-refractivity contribution in [2.75, 3.05) is 6.61 Å². The van der Waals surface area contributed by atoms with Crippen LogP contribution in [-0.2, 0) is 9.53 Å². The van der Waals surface area contributed by atoms with Gasteiger partial charge in [-0.3, -0.25) is 4.79 Å². The van der Waals surface area contributed by atoms with Gasteiger partial charge in [0.1, 0.15) is 0 Å². The number of hydrogen-bond acceptors (Lipinski definition) is 2. The second-order valence-corrected chi connectivity index (χ2v) is 4.79. The molecular weight excluding hydrogens is 176 g/mol. The van der Waals surface area contributed by atoms with Crippen LogP contribution in [-0.4, -0.2) is 12.6 Å². The van der Waals surface area contributed by atoms with Crippen LogP contribution in [0.3, 0.4) is 0 Å². The molecule has 0 aromatic heterocycles. The Kier molecular flexibility index (Phi) is 1.89. The van der Waals surface area contributed by atoms with Crippen LogP contribution >= 0.6 is 0 Å². The van der Waals surface area contributed by atoms with E-state index in [4.69, 9.17) is 4.74 Å². The van der Waals surface area contributed by atoms with Crippen LogP contribution in [0.4, 0.5) is 0 Å². The van der Waals surface area contributed by atoms with Gasteiger partial charge < -0.3 is 4.74 Å². The van der Waals surface area contributed by atoms with Gasteiger partial charge in [-0.2, -0.15) is 0 Å². The molecular formula is C12H16O2.